The lowest BCUT2D eigenvalue weighted by Crippen LogP contribution is -2.21. The molecule has 6 nitrogen and oxygen atoms in total. The minimum absolute atomic E-state index is 0.264. The number of pyridine rings is 2. The zero-order valence-electron chi connectivity index (χ0n) is 9.76. The molecule has 0 fully saturated rings. The molecular formula is C11H8F3N3O3. The number of nitrogens with zero attached hydrogens (tertiary/aromatic N) is 2. The standard InChI is InChI=1S/C9H7N3O.C2HF3O2/c10-9(13)8-4-3-6-7(12-8)2-1-5-11-6;3-2(4,5)1(6)7/h1-5H,(H2,10,13);(H,6,7). The van der Waals surface area contributed by atoms with Crippen molar-refractivity contribution in [1.29, 1.82) is 0 Å². The summed E-state index contributed by atoms with van der Waals surface area (Å²) < 4.78 is 31.7. The Hall–Kier alpha value is -2.71. The van der Waals surface area contributed by atoms with E-state index in [1.165, 1.54) is 0 Å². The number of hydrogen-bond acceptors (Lipinski definition) is 4. The smallest absolute Gasteiger partial charge is 0.475 e. The maximum Gasteiger partial charge on any atom is 0.490 e. The normalized spacial score (nSPS) is 10.6. The van der Waals surface area contributed by atoms with Crippen LogP contribution in [0.25, 0.3) is 11.0 Å². The molecule has 2 aromatic heterocycles. The van der Waals surface area contributed by atoms with Gasteiger partial charge in [-0.1, -0.05) is 0 Å². The van der Waals surface area contributed by atoms with Gasteiger partial charge < -0.3 is 10.8 Å². The molecule has 0 spiro atoms. The first-order valence-electron chi connectivity index (χ1n) is 5.03. The molecular weight excluding hydrogens is 279 g/mol. The van der Waals surface area contributed by atoms with Crippen molar-refractivity contribution < 1.29 is 27.9 Å². The summed E-state index contributed by atoms with van der Waals surface area (Å²) in [7, 11) is 0. The molecule has 0 aliphatic rings. The van der Waals surface area contributed by atoms with E-state index < -0.39 is 18.1 Å². The summed E-state index contributed by atoms with van der Waals surface area (Å²) in [6.07, 6.45) is -3.41. The molecule has 1 amide bonds. The van der Waals surface area contributed by atoms with Crippen molar-refractivity contribution >= 4 is 22.9 Å². The summed E-state index contributed by atoms with van der Waals surface area (Å²) in [6.45, 7) is 0. The average molecular weight is 287 g/mol. The zero-order valence-corrected chi connectivity index (χ0v) is 9.76. The molecule has 0 radical (unpaired) electrons. The van der Waals surface area contributed by atoms with E-state index in [1.54, 1.807) is 30.5 Å². The number of halogens is 3. The first-order chi connectivity index (χ1) is 9.21. The first-order valence-corrected chi connectivity index (χ1v) is 5.03. The van der Waals surface area contributed by atoms with E-state index in [1.807, 2.05) is 0 Å². The molecule has 0 aliphatic carbocycles. The van der Waals surface area contributed by atoms with E-state index >= 15 is 0 Å². The second-order valence-corrected chi connectivity index (χ2v) is 3.41. The van der Waals surface area contributed by atoms with Crippen LogP contribution in [-0.4, -0.2) is 33.1 Å². The van der Waals surface area contributed by atoms with Gasteiger partial charge in [0.15, 0.2) is 0 Å². The first kappa shape index (κ1) is 15.3. The highest BCUT2D eigenvalue weighted by Gasteiger charge is 2.38. The number of aromatic nitrogens is 2. The van der Waals surface area contributed by atoms with Crippen LogP contribution in [0.1, 0.15) is 10.5 Å². The monoisotopic (exact) mass is 287 g/mol. The molecule has 2 heterocycles. The molecule has 0 aromatic carbocycles. The molecule has 0 unspecified atom stereocenters. The van der Waals surface area contributed by atoms with Crippen LogP contribution in [0.15, 0.2) is 30.5 Å². The predicted octanol–water partition coefficient (Wildman–Crippen LogP) is 1.36. The Labute approximate surface area is 110 Å². The lowest BCUT2D eigenvalue weighted by Gasteiger charge is -1.97. The molecule has 0 saturated heterocycles. The Morgan fingerprint density at radius 2 is 1.75 bits per heavy atom. The number of hydrogen-bond donors (Lipinski definition) is 2. The number of alkyl halides is 3. The molecule has 0 aliphatic heterocycles. The SMILES string of the molecule is NC(=O)c1ccc2ncccc2n1.O=C(O)C(F)(F)F. The molecule has 3 N–H and O–H groups in total. The van der Waals surface area contributed by atoms with Gasteiger partial charge in [-0.2, -0.15) is 13.2 Å². The van der Waals surface area contributed by atoms with Gasteiger partial charge in [0.05, 0.1) is 11.0 Å². The molecule has 0 bridgehead atoms. The summed E-state index contributed by atoms with van der Waals surface area (Å²) in [4.78, 5) is 27.8. The summed E-state index contributed by atoms with van der Waals surface area (Å²) >= 11 is 0. The highest BCUT2D eigenvalue weighted by atomic mass is 19.4. The van der Waals surface area contributed by atoms with Gasteiger partial charge in [-0.3, -0.25) is 9.78 Å². The minimum Gasteiger partial charge on any atom is -0.475 e. The fraction of sp³-hybridized carbons (Fsp3) is 0.0909. The van der Waals surface area contributed by atoms with Crippen molar-refractivity contribution in [2.24, 2.45) is 5.73 Å². The minimum atomic E-state index is -5.08. The number of primary amides is 1. The van der Waals surface area contributed by atoms with Gasteiger partial charge in [0, 0.05) is 6.20 Å². The average Bonchev–Trinajstić information content (AvgIpc) is 2.37. The third-order valence-electron chi connectivity index (χ3n) is 1.95. The van der Waals surface area contributed by atoms with Gasteiger partial charge >= 0.3 is 12.1 Å². The van der Waals surface area contributed by atoms with E-state index in [-0.39, 0.29) is 5.69 Å². The Bertz CT molecular complexity index is 643. The molecule has 9 heteroatoms. The topological polar surface area (TPSA) is 106 Å². The lowest BCUT2D eigenvalue weighted by molar-refractivity contribution is -0.192. The molecule has 106 valence electrons. The molecule has 2 rings (SSSR count). The highest BCUT2D eigenvalue weighted by Crippen LogP contribution is 2.13. The zero-order chi connectivity index (χ0) is 15.3. The van der Waals surface area contributed by atoms with E-state index in [9.17, 15) is 18.0 Å². The fourth-order valence-electron chi connectivity index (χ4n) is 1.09. The number of aliphatic carboxylic acids is 1. The number of carboxylic acid groups (broad SMARTS) is 1. The Morgan fingerprint density at radius 3 is 2.25 bits per heavy atom. The molecule has 0 saturated carbocycles. The van der Waals surface area contributed by atoms with Gasteiger partial charge in [0.2, 0.25) is 0 Å². The Morgan fingerprint density at radius 1 is 1.15 bits per heavy atom. The van der Waals surface area contributed by atoms with Gasteiger partial charge in [-0.25, -0.2) is 9.78 Å². The molecule has 20 heavy (non-hydrogen) atoms. The number of carbonyl (C=O) groups excluding carboxylic acids is 1. The van der Waals surface area contributed by atoms with Crippen molar-refractivity contribution in [3.63, 3.8) is 0 Å². The summed E-state index contributed by atoms with van der Waals surface area (Å²) in [5.41, 5.74) is 6.78. The second kappa shape index (κ2) is 5.95. The van der Waals surface area contributed by atoms with Crippen molar-refractivity contribution in [3.8, 4) is 0 Å². The van der Waals surface area contributed by atoms with Crippen molar-refractivity contribution in [2.45, 2.75) is 6.18 Å². The Kier molecular flexibility index (Phi) is 4.57. The van der Waals surface area contributed by atoms with Gasteiger partial charge in [-0.15, -0.1) is 0 Å². The van der Waals surface area contributed by atoms with E-state index in [2.05, 4.69) is 9.97 Å². The van der Waals surface area contributed by atoms with Crippen molar-refractivity contribution in [3.05, 3.63) is 36.2 Å². The van der Waals surface area contributed by atoms with Crippen molar-refractivity contribution in [1.82, 2.24) is 9.97 Å². The van der Waals surface area contributed by atoms with Crippen LogP contribution in [0.2, 0.25) is 0 Å². The van der Waals surface area contributed by atoms with Crippen LogP contribution >= 0.6 is 0 Å². The number of amides is 1. The maximum absolute atomic E-state index is 10.8. The van der Waals surface area contributed by atoms with Crippen LogP contribution in [0, 0.1) is 0 Å². The fourth-order valence-corrected chi connectivity index (χ4v) is 1.09. The van der Waals surface area contributed by atoms with Crippen LogP contribution in [0.5, 0.6) is 0 Å². The van der Waals surface area contributed by atoms with Crippen molar-refractivity contribution in [2.75, 3.05) is 0 Å². The quantitative estimate of drug-likeness (QED) is 0.823. The number of carboxylic acids is 1. The number of nitrogens with two attached hydrogens (primary N) is 1. The third kappa shape index (κ3) is 4.19. The third-order valence-corrected chi connectivity index (χ3v) is 1.95. The van der Waals surface area contributed by atoms with Gasteiger partial charge in [-0.05, 0) is 24.3 Å². The molecule has 2 aromatic rings. The van der Waals surface area contributed by atoms with Gasteiger partial charge in [0.25, 0.3) is 5.91 Å². The van der Waals surface area contributed by atoms with E-state index in [4.69, 9.17) is 15.6 Å². The summed E-state index contributed by atoms with van der Waals surface area (Å²) in [5.74, 6) is -3.28. The number of carbonyl (C=O) groups is 2. The Balaban J connectivity index is 0.000000246. The second-order valence-electron chi connectivity index (χ2n) is 3.41. The van der Waals surface area contributed by atoms with Gasteiger partial charge in [0.1, 0.15) is 5.69 Å². The lowest BCUT2D eigenvalue weighted by atomic mass is 10.3. The van der Waals surface area contributed by atoms with Crippen LogP contribution < -0.4 is 5.73 Å². The van der Waals surface area contributed by atoms with Crippen LogP contribution in [0.3, 0.4) is 0 Å². The molecule has 0 atom stereocenters. The van der Waals surface area contributed by atoms with E-state index in [0.29, 0.717) is 5.52 Å². The summed E-state index contributed by atoms with van der Waals surface area (Å²) in [5, 5.41) is 7.12. The maximum atomic E-state index is 10.8. The van der Waals surface area contributed by atoms with E-state index in [0.717, 1.165) is 5.52 Å². The number of fused-ring (bicyclic) bond motifs is 1. The van der Waals surface area contributed by atoms with Crippen LogP contribution in [0.4, 0.5) is 13.2 Å². The summed E-state index contributed by atoms with van der Waals surface area (Å²) in [6, 6.07) is 6.84. The number of rotatable bonds is 1. The van der Waals surface area contributed by atoms with Crippen LogP contribution in [-0.2, 0) is 4.79 Å². The highest BCUT2D eigenvalue weighted by molar-refractivity contribution is 5.93. The predicted molar refractivity (Wildman–Crippen MR) is 61.7 cm³/mol. The largest absolute Gasteiger partial charge is 0.490 e.